The molecule has 1 aliphatic rings. The van der Waals surface area contributed by atoms with Crippen LogP contribution < -0.4 is 15.5 Å². The molecule has 2 N–H and O–H groups in total. The number of halogens is 1. The Labute approximate surface area is 140 Å². The molecule has 6 nitrogen and oxygen atoms in total. The van der Waals surface area contributed by atoms with Gasteiger partial charge in [0.15, 0.2) is 0 Å². The van der Waals surface area contributed by atoms with Crippen LogP contribution in [0.5, 0.6) is 0 Å². The largest absolute Gasteiger partial charge is 0.355 e. The highest BCUT2D eigenvalue weighted by atomic mass is 35.5. The average molecular weight is 338 g/mol. The van der Waals surface area contributed by atoms with Crippen LogP contribution in [0.2, 0.25) is 5.02 Å². The molecule has 1 aromatic carbocycles. The first kappa shape index (κ1) is 17.3. The van der Waals surface area contributed by atoms with Gasteiger partial charge < -0.3 is 15.5 Å². The van der Waals surface area contributed by atoms with Crippen molar-refractivity contribution >= 4 is 35.0 Å². The number of benzene rings is 1. The van der Waals surface area contributed by atoms with E-state index < -0.39 is 6.04 Å². The monoisotopic (exact) mass is 337 g/mol. The maximum Gasteiger partial charge on any atom is 0.251 e. The van der Waals surface area contributed by atoms with Gasteiger partial charge in [-0.3, -0.25) is 14.4 Å². The zero-order chi connectivity index (χ0) is 17.0. The fraction of sp³-hybridized carbons (Fsp3) is 0.438. The molecule has 0 saturated carbocycles. The predicted octanol–water partition coefficient (Wildman–Crippen LogP) is 1.72. The maximum atomic E-state index is 12.3. The molecule has 0 aromatic heterocycles. The van der Waals surface area contributed by atoms with Gasteiger partial charge in [0.25, 0.3) is 5.91 Å². The molecule has 3 amide bonds. The number of hydrogen-bond donors (Lipinski definition) is 2. The molecule has 1 aliphatic heterocycles. The van der Waals surface area contributed by atoms with Crippen molar-refractivity contribution in [3.63, 3.8) is 0 Å². The van der Waals surface area contributed by atoms with Gasteiger partial charge in [-0.2, -0.15) is 0 Å². The highest BCUT2D eigenvalue weighted by Crippen LogP contribution is 2.30. The number of hydrogen-bond acceptors (Lipinski definition) is 3. The van der Waals surface area contributed by atoms with Crippen LogP contribution in [0, 0.1) is 0 Å². The topological polar surface area (TPSA) is 78.5 Å². The van der Waals surface area contributed by atoms with Crippen LogP contribution in [0.3, 0.4) is 0 Å². The first-order valence-electron chi connectivity index (χ1n) is 7.62. The molecule has 7 heteroatoms. The fourth-order valence-electron chi connectivity index (χ4n) is 2.44. The van der Waals surface area contributed by atoms with E-state index in [9.17, 15) is 14.4 Å². The molecule has 1 aromatic rings. The molecule has 1 heterocycles. The first-order chi connectivity index (χ1) is 10.9. The van der Waals surface area contributed by atoms with E-state index >= 15 is 0 Å². The van der Waals surface area contributed by atoms with Crippen molar-refractivity contribution in [2.24, 2.45) is 0 Å². The Hall–Kier alpha value is -2.08. The van der Waals surface area contributed by atoms with Crippen molar-refractivity contribution in [3.05, 3.63) is 28.8 Å². The normalized spacial score (nSPS) is 15.4. The average Bonchev–Trinajstić information content (AvgIpc) is 2.93. The number of rotatable bonds is 5. The van der Waals surface area contributed by atoms with Gasteiger partial charge in [0.05, 0.1) is 10.7 Å². The Morgan fingerprint density at radius 1 is 1.39 bits per heavy atom. The summed E-state index contributed by atoms with van der Waals surface area (Å²) < 4.78 is 0. The third-order valence-electron chi connectivity index (χ3n) is 3.66. The van der Waals surface area contributed by atoms with E-state index in [1.807, 2.05) is 6.92 Å². The Kier molecular flexibility index (Phi) is 5.60. The molecular formula is C16H20ClN3O3. The predicted molar refractivity (Wildman–Crippen MR) is 88.7 cm³/mol. The van der Waals surface area contributed by atoms with Crippen LogP contribution in [0.1, 0.15) is 37.0 Å². The van der Waals surface area contributed by atoms with Gasteiger partial charge in [-0.05, 0) is 38.5 Å². The lowest BCUT2D eigenvalue weighted by atomic mass is 10.1. The Balaban J connectivity index is 2.15. The Morgan fingerprint density at radius 3 is 2.74 bits per heavy atom. The molecule has 0 aliphatic carbocycles. The minimum atomic E-state index is -0.644. The molecule has 0 unspecified atom stereocenters. The Bertz CT molecular complexity index is 633. The number of carbonyl (C=O) groups excluding carboxylic acids is 3. The van der Waals surface area contributed by atoms with Gasteiger partial charge in [0, 0.05) is 25.1 Å². The molecular weight excluding hydrogens is 318 g/mol. The number of nitrogens with one attached hydrogen (secondary N) is 2. The summed E-state index contributed by atoms with van der Waals surface area (Å²) in [5.41, 5.74) is 0.896. The van der Waals surface area contributed by atoms with Crippen LogP contribution in [0.25, 0.3) is 0 Å². The third kappa shape index (κ3) is 4.01. The summed E-state index contributed by atoms with van der Waals surface area (Å²) in [6.07, 6.45) is 1.26. The van der Waals surface area contributed by atoms with Gasteiger partial charge >= 0.3 is 0 Å². The summed E-state index contributed by atoms with van der Waals surface area (Å²) in [6, 6.07) is 4.11. The quantitative estimate of drug-likeness (QED) is 0.858. The Morgan fingerprint density at radius 2 is 2.13 bits per heavy atom. The third-order valence-corrected chi connectivity index (χ3v) is 3.98. The molecule has 124 valence electrons. The van der Waals surface area contributed by atoms with Gasteiger partial charge in [-0.15, -0.1) is 0 Å². The highest BCUT2D eigenvalue weighted by Gasteiger charge is 2.25. The van der Waals surface area contributed by atoms with Crippen molar-refractivity contribution in [1.82, 2.24) is 10.6 Å². The van der Waals surface area contributed by atoms with Crippen molar-refractivity contribution in [2.45, 2.75) is 32.7 Å². The summed E-state index contributed by atoms with van der Waals surface area (Å²) in [6.45, 7) is 4.52. The molecule has 1 fully saturated rings. The number of anilines is 1. The smallest absolute Gasteiger partial charge is 0.251 e. The van der Waals surface area contributed by atoms with Crippen molar-refractivity contribution in [2.75, 3.05) is 18.0 Å². The van der Waals surface area contributed by atoms with Crippen LogP contribution in [-0.4, -0.2) is 36.9 Å². The summed E-state index contributed by atoms with van der Waals surface area (Å²) in [7, 11) is 0. The van der Waals surface area contributed by atoms with E-state index in [0.717, 1.165) is 6.42 Å². The van der Waals surface area contributed by atoms with E-state index in [-0.39, 0.29) is 17.7 Å². The molecule has 1 atom stereocenters. The van der Waals surface area contributed by atoms with Crippen LogP contribution in [-0.2, 0) is 9.59 Å². The molecule has 0 radical (unpaired) electrons. The number of likely N-dealkylation sites (N-methyl/N-ethyl adjacent to an activating group) is 1. The van der Waals surface area contributed by atoms with Crippen molar-refractivity contribution in [1.29, 1.82) is 0 Å². The standard InChI is InChI=1S/C16H20ClN3O3/c1-3-18-15(22)10(2)19-16(23)11-6-7-12(17)13(9-11)20-8-4-5-14(20)21/h6-7,9-10H,3-5,8H2,1-2H3,(H,18,22)(H,19,23)/t10-/m1/s1. The van der Waals surface area contributed by atoms with E-state index in [1.54, 1.807) is 30.0 Å². The summed E-state index contributed by atoms with van der Waals surface area (Å²) in [5.74, 6) is -0.627. The van der Waals surface area contributed by atoms with E-state index in [2.05, 4.69) is 10.6 Å². The lowest BCUT2D eigenvalue weighted by Crippen LogP contribution is -2.44. The molecule has 0 spiro atoms. The SMILES string of the molecule is CCNC(=O)[C@@H](C)NC(=O)c1ccc(Cl)c(N2CCCC2=O)c1. The zero-order valence-electron chi connectivity index (χ0n) is 13.2. The lowest BCUT2D eigenvalue weighted by Gasteiger charge is -2.19. The van der Waals surface area contributed by atoms with Crippen molar-refractivity contribution in [3.8, 4) is 0 Å². The summed E-state index contributed by atoms with van der Waals surface area (Å²) in [4.78, 5) is 37.4. The highest BCUT2D eigenvalue weighted by molar-refractivity contribution is 6.34. The van der Waals surface area contributed by atoms with Crippen molar-refractivity contribution < 1.29 is 14.4 Å². The molecule has 23 heavy (non-hydrogen) atoms. The second-order valence-electron chi connectivity index (χ2n) is 5.40. The first-order valence-corrected chi connectivity index (χ1v) is 8.00. The van der Waals surface area contributed by atoms with Gasteiger partial charge in [0.2, 0.25) is 11.8 Å². The molecule has 0 bridgehead atoms. The van der Waals surface area contributed by atoms with Crippen LogP contribution in [0.15, 0.2) is 18.2 Å². The lowest BCUT2D eigenvalue weighted by molar-refractivity contribution is -0.122. The van der Waals surface area contributed by atoms with E-state index in [4.69, 9.17) is 11.6 Å². The molecule has 2 rings (SSSR count). The van der Waals surface area contributed by atoms with Crippen LogP contribution in [0.4, 0.5) is 5.69 Å². The number of amides is 3. The fourth-order valence-corrected chi connectivity index (χ4v) is 2.66. The molecule has 1 saturated heterocycles. The summed E-state index contributed by atoms with van der Waals surface area (Å²) >= 11 is 6.15. The van der Waals surface area contributed by atoms with E-state index in [0.29, 0.717) is 35.8 Å². The second kappa shape index (κ2) is 7.46. The zero-order valence-corrected chi connectivity index (χ0v) is 13.9. The van der Waals surface area contributed by atoms with Gasteiger partial charge in [-0.25, -0.2) is 0 Å². The number of carbonyl (C=O) groups is 3. The minimum Gasteiger partial charge on any atom is -0.355 e. The minimum absolute atomic E-state index is 0.000139. The number of nitrogens with zero attached hydrogens (tertiary/aromatic N) is 1. The van der Waals surface area contributed by atoms with Gasteiger partial charge in [0.1, 0.15) is 6.04 Å². The summed E-state index contributed by atoms with van der Waals surface area (Å²) in [5, 5.41) is 5.70. The van der Waals surface area contributed by atoms with Crippen LogP contribution >= 0.6 is 11.6 Å². The van der Waals surface area contributed by atoms with Gasteiger partial charge in [-0.1, -0.05) is 11.6 Å². The van der Waals surface area contributed by atoms with E-state index in [1.165, 1.54) is 0 Å². The maximum absolute atomic E-state index is 12.3. The second-order valence-corrected chi connectivity index (χ2v) is 5.81.